The molecule has 29 heavy (non-hydrogen) atoms. The summed E-state index contributed by atoms with van der Waals surface area (Å²) in [5.74, 6) is 0.176. The Kier molecular flexibility index (Phi) is 6.58. The molecule has 2 heterocycles. The Morgan fingerprint density at radius 1 is 1.14 bits per heavy atom. The van der Waals surface area contributed by atoms with Crippen molar-refractivity contribution in [2.45, 2.75) is 19.7 Å². The number of carbonyl (C=O) groups excluding carboxylic acids is 1. The van der Waals surface area contributed by atoms with Crippen LogP contribution in [-0.4, -0.2) is 54.9 Å². The first-order valence-electron chi connectivity index (χ1n) is 9.41. The van der Waals surface area contributed by atoms with E-state index in [9.17, 15) is 18.0 Å². The van der Waals surface area contributed by atoms with E-state index in [1.165, 1.54) is 12.1 Å². The number of halogens is 3. The Labute approximate surface area is 167 Å². The summed E-state index contributed by atoms with van der Waals surface area (Å²) >= 11 is 0. The lowest BCUT2D eigenvalue weighted by atomic mass is 10.1. The van der Waals surface area contributed by atoms with Gasteiger partial charge in [-0.05, 0) is 30.2 Å². The van der Waals surface area contributed by atoms with Crippen LogP contribution in [0.3, 0.4) is 0 Å². The van der Waals surface area contributed by atoms with E-state index in [1.807, 2.05) is 41.0 Å². The fourth-order valence-corrected chi connectivity index (χ4v) is 3.23. The van der Waals surface area contributed by atoms with Gasteiger partial charge in [0.05, 0.1) is 12.7 Å². The Balaban J connectivity index is 1.48. The number of nitrogens with zero attached hydrogens (tertiary/aromatic N) is 3. The second-order valence-corrected chi connectivity index (χ2v) is 6.72. The van der Waals surface area contributed by atoms with Crippen molar-refractivity contribution in [1.29, 1.82) is 0 Å². The number of benzene rings is 1. The van der Waals surface area contributed by atoms with Gasteiger partial charge in [0.2, 0.25) is 5.91 Å². The number of aryl methyl sites for hydroxylation is 1. The van der Waals surface area contributed by atoms with Gasteiger partial charge in [-0.2, -0.15) is 0 Å². The normalized spacial score (nSPS) is 15.2. The number of amides is 1. The van der Waals surface area contributed by atoms with Crippen molar-refractivity contribution < 1.29 is 22.7 Å². The number of aromatic nitrogens is 1. The maximum Gasteiger partial charge on any atom is 0.573 e. The fraction of sp³-hybridized carbons (Fsp3) is 0.400. The van der Waals surface area contributed by atoms with Gasteiger partial charge >= 0.3 is 6.36 Å². The molecule has 156 valence electrons. The van der Waals surface area contributed by atoms with Gasteiger partial charge in [0.25, 0.3) is 0 Å². The first-order valence-corrected chi connectivity index (χ1v) is 9.41. The molecular weight excluding hydrogens is 385 g/mol. The van der Waals surface area contributed by atoms with Crippen molar-refractivity contribution >= 4 is 17.4 Å². The molecule has 1 aliphatic rings. The zero-order valence-electron chi connectivity index (χ0n) is 16.1. The van der Waals surface area contributed by atoms with Gasteiger partial charge < -0.3 is 15.0 Å². The number of rotatable bonds is 6. The van der Waals surface area contributed by atoms with Gasteiger partial charge in [-0.3, -0.25) is 9.69 Å². The van der Waals surface area contributed by atoms with Crippen molar-refractivity contribution in [3.8, 4) is 5.75 Å². The van der Waals surface area contributed by atoms with Crippen LogP contribution in [0.5, 0.6) is 5.75 Å². The quantitative estimate of drug-likeness (QED) is 0.795. The maximum absolute atomic E-state index is 12.4. The molecule has 1 amide bonds. The molecule has 1 aromatic heterocycles. The molecule has 6 nitrogen and oxygen atoms in total. The van der Waals surface area contributed by atoms with Crippen molar-refractivity contribution in [2.75, 3.05) is 42.9 Å². The van der Waals surface area contributed by atoms with E-state index in [-0.39, 0.29) is 18.2 Å². The fourth-order valence-electron chi connectivity index (χ4n) is 3.23. The predicted molar refractivity (Wildman–Crippen MR) is 104 cm³/mol. The molecule has 1 aromatic carbocycles. The molecule has 0 unspecified atom stereocenters. The van der Waals surface area contributed by atoms with E-state index in [2.05, 4.69) is 15.0 Å². The lowest BCUT2D eigenvalue weighted by Crippen LogP contribution is -2.49. The SMILES string of the molecule is CCc1ccccc1NC(=O)CN1CCN(c2ccc(OC(F)(F)F)cn2)CC1. The Bertz CT molecular complexity index is 819. The van der Waals surface area contributed by atoms with Crippen LogP contribution in [0.1, 0.15) is 12.5 Å². The lowest BCUT2D eigenvalue weighted by molar-refractivity contribution is -0.274. The number of pyridine rings is 1. The predicted octanol–water partition coefficient (Wildman–Crippen LogP) is 3.30. The third-order valence-corrected chi connectivity index (χ3v) is 4.69. The highest BCUT2D eigenvalue weighted by molar-refractivity contribution is 5.93. The van der Waals surface area contributed by atoms with Crippen molar-refractivity contribution in [2.24, 2.45) is 0 Å². The third kappa shape index (κ3) is 6.08. The molecule has 0 atom stereocenters. The minimum atomic E-state index is -4.73. The van der Waals surface area contributed by atoms with Crippen LogP contribution in [-0.2, 0) is 11.2 Å². The van der Waals surface area contributed by atoms with Crippen LogP contribution in [0.2, 0.25) is 0 Å². The number of alkyl halides is 3. The molecule has 0 aliphatic carbocycles. The molecule has 1 fully saturated rings. The smallest absolute Gasteiger partial charge is 0.404 e. The van der Waals surface area contributed by atoms with E-state index >= 15 is 0 Å². The van der Waals surface area contributed by atoms with E-state index < -0.39 is 6.36 Å². The molecule has 0 saturated carbocycles. The molecule has 2 aromatic rings. The molecule has 0 spiro atoms. The summed E-state index contributed by atoms with van der Waals surface area (Å²) in [4.78, 5) is 20.4. The van der Waals surface area contributed by atoms with Crippen LogP contribution >= 0.6 is 0 Å². The highest BCUT2D eigenvalue weighted by atomic mass is 19.4. The highest BCUT2D eigenvalue weighted by Crippen LogP contribution is 2.24. The van der Waals surface area contributed by atoms with E-state index in [0.717, 1.165) is 23.9 Å². The summed E-state index contributed by atoms with van der Waals surface area (Å²) in [5, 5.41) is 2.96. The van der Waals surface area contributed by atoms with E-state index in [1.54, 1.807) is 0 Å². The van der Waals surface area contributed by atoms with Crippen LogP contribution < -0.4 is 15.0 Å². The Hall–Kier alpha value is -2.81. The summed E-state index contributed by atoms with van der Waals surface area (Å²) < 4.78 is 40.5. The molecule has 1 saturated heterocycles. The average molecular weight is 408 g/mol. The summed E-state index contributed by atoms with van der Waals surface area (Å²) in [6.45, 7) is 4.91. The van der Waals surface area contributed by atoms with Gasteiger partial charge in [-0.25, -0.2) is 4.98 Å². The Morgan fingerprint density at radius 3 is 2.48 bits per heavy atom. The number of anilines is 2. The second kappa shape index (κ2) is 9.13. The largest absolute Gasteiger partial charge is 0.573 e. The molecule has 0 radical (unpaired) electrons. The average Bonchev–Trinajstić information content (AvgIpc) is 2.68. The molecule has 0 bridgehead atoms. The van der Waals surface area contributed by atoms with Crippen molar-refractivity contribution in [3.63, 3.8) is 0 Å². The molecule has 3 rings (SSSR count). The summed E-state index contributed by atoms with van der Waals surface area (Å²) in [5.41, 5.74) is 1.93. The number of piperazine rings is 1. The minimum Gasteiger partial charge on any atom is -0.404 e. The molecule has 1 aliphatic heterocycles. The minimum absolute atomic E-state index is 0.0638. The van der Waals surface area contributed by atoms with Gasteiger partial charge in [0.1, 0.15) is 11.6 Å². The zero-order valence-corrected chi connectivity index (χ0v) is 16.1. The first-order chi connectivity index (χ1) is 13.8. The lowest BCUT2D eigenvalue weighted by Gasteiger charge is -2.35. The van der Waals surface area contributed by atoms with E-state index in [4.69, 9.17) is 0 Å². The van der Waals surface area contributed by atoms with Gasteiger partial charge in [-0.15, -0.1) is 13.2 Å². The van der Waals surface area contributed by atoms with Crippen LogP contribution in [0.4, 0.5) is 24.7 Å². The molecule has 9 heteroatoms. The van der Waals surface area contributed by atoms with Crippen LogP contribution in [0, 0.1) is 0 Å². The number of hydrogen-bond donors (Lipinski definition) is 1. The highest BCUT2D eigenvalue weighted by Gasteiger charge is 2.31. The topological polar surface area (TPSA) is 57.7 Å². The van der Waals surface area contributed by atoms with Gasteiger partial charge in [0.15, 0.2) is 0 Å². The first kappa shape index (κ1) is 20.9. The van der Waals surface area contributed by atoms with Gasteiger partial charge in [0, 0.05) is 31.9 Å². The summed E-state index contributed by atoms with van der Waals surface area (Å²) in [6.07, 6.45) is -2.82. The molecule has 1 N–H and O–H groups in total. The van der Waals surface area contributed by atoms with Crippen molar-refractivity contribution in [3.05, 3.63) is 48.2 Å². The van der Waals surface area contributed by atoms with Crippen LogP contribution in [0.25, 0.3) is 0 Å². The molecular formula is C20H23F3N4O2. The maximum atomic E-state index is 12.4. The standard InChI is InChI=1S/C20H23F3N4O2/c1-2-15-5-3-4-6-17(15)25-19(28)14-26-9-11-27(12-10-26)18-8-7-16(13-24-18)29-20(21,22)23/h3-8,13H,2,9-12,14H2,1H3,(H,25,28). The van der Waals surface area contributed by atoms with Crippen molar-refractivity contribution in [1.82, 2.24) is 9.88 Å². The summed E-state index contributed by atoms with van der Waals surface area (Å²) in [6, 6.07) is 10.5. The number of ether oxygens (including phenoxy) is 1. The van der Waals surface area contributed by atoms with Crippen LogP contribution in [0.15, 0.2) is 42.6 Å². The number of nitrogens with one attached hydrogen (secondary N) is 1. The number of hydrogen-bond acceptors (Lipinski definition) is 5. The second-order valence-electron chi connectivity index (χ2n) is 6.72. The third-order valence-electron chi connectivity index (χ3n) is 4.69. The summed E-state index contributed by atoms with van der Waals surface area (Å²) in [7, 11) is 0. The number of para-hydroxylation sites is 1. The van der Waals surface area contributed by atoms with Gasteiger partial charge in [-0.1, -0.05) is 25.1 Å². The number of carbonyl (C=O) groups is 1. The zero-order chi connectivity index (χ0) is 20.9. The Morgan fingerprint density at radius 2 is 1.86 bits per heavy atom. The monoisotopic (exact) mass is 408 g/mol. The van der Waals surface area contributed by atoms with E-state index in [0.29, 0.717) is 32.0 Å².